The van der Waals surface area contributed by atoms with Crippen molar-refractivity contribution in [1.29, 1.82) is 0 Å². The smallest absolute Gasteiger partial charge is 0.248 e. The van der Waals surface area contributed by atoms with Crippen LogP contribution in [-0.2, 0) is 14.8 Å². The van der Waals surface area contributed by atoms with Crippen LogP contribution in [0.5, 0.6) is 0 Å². The molecule has 25 heavy (non-hydrogen) atoms. The van der Waals surface area contributed by atoms with Gasteiger partial charge in [-0.25, -0.2) is 8.42 Å². The summed E-state index contributed by atoms with van der Waals surface area (Å²) in [5, 5.41) is 6.68. The van der Waals surface area contributed by atoms with Gasteiger partial charge in [0.1, 0.15) is 10.6 Å². The third kappa shape index (κ3) is 4.41. The molecular weight excluding hydrogens is 342 g/mol. The zero-order chi connectivity index (χ0) is 18.6. The number of nitrogens with zero attached hydrogens (tertiary/aromatic N) is 2. The number of piperidine rings is 1. The van der Waals surface area contributed by atoms with Crippen LogP contribution in [0.3, 0.4) is 0 Å². The maximum absolute atomic E-state index is 13.0. The molecule has 0 aromatic carbocycles. The lowest BCUT2D eigenvalue weighted by Crippen LogP contribution is -2.45. The number of carbonyl (C=O) groups is 1. The van der Waals surface area contributed by atoms with Gasteiger partial charge >= 0.3 is 0 Å². The predicted octanol–water partition coefficient (Wildman–Crippen LogP) is 2.24. The Labute approximate surface area is 150 Å². The molecule has 1 aliphatic heterocycles. The summed E-state index contributed by atoms with van der Waals surface area (Å²) in [4.78, 5) is 12.2. The van der Waals surface area contributed by atoms with E-state index in [1.807, 2.05) is 13.8 Å². The summed E-state index contributed by atoms with van der Waals surface area (Å²) in [6, 6.07) is 0. The standard InChI is InChI=1S/C17H29N3O4S/c1-5-8-18-16(21)10-15-7-9-20(11-14(15)6-2)25(22,23)17-12(3)19-24-13(17)4/h14-15H,5-11H2,1-4H3,(H,18,21)/t14-,15-/m0/s1. The summed E-state index contributed by atoms with van der Waals surface area (Å²) < 4.78 is 32.5. The molecule has 1 aromatic heterocycles. The number of rotatable bonds is 7. The summed E-state index contributed by atoms with van der Waals surface area (Å²) in [6.45, 7) is 8.89. The van der Waals surface area contributed by atoms with Crippen molar-refractivity contribution in [3.8, 4) is 0 Å². The van der Waals surface area contributed by atoms with Crippen molar-refractivity contribution in [2.45, 2.75) is 58.3 Å². The highest BCUT2D eigenvalue weighted by molar-refractivity contribution is 7.89. The number of aryl methyl sites for hydroxylation is 2. The first kappa shape index (κ1) is 19.9. The van der Waals surface area contributed by atoms with Crippen molar-refractivity contribution < 1.29 is 17.7 Å². The fraction of sp³-hybridized carbons (Fsp3) is 0.765. The normalized spacial score (nSPS) is 22.1. The van der Waals surface area contributed by atoms with Gasteiger partial charge in [-0.15, -0.1) is 0 Å². The Morgan fingerprint density at radius 3 is 2.60 bits per heavy atom. The lowest BCUT2D eigenvalue weighted by atomic mass is 9.82. The fourth-order valence-corrected chi connectivity index (χ4v) is 5.35. The van der Waals surface area contributed by atoms with Crippen molar-refractivity contribution in [3.63, 3.8) is 0 Å². The molecule has 2 atom stereocenters. The van der Waals surface area contributed by atoms with Crippen LogP contribution >= 0.6 is 0 Å². The molecule has 1 fully saturated rings. The number of aromatic nitrogens is 1. The number of carbonyl (C=O) groups excluding carboxylic acids is 1. The Balaban J connectivity index is 2.09. The summed E-state index contributed by atoms with van der Waals surface area (Å²) in [5.41, 5.74) is 0.395. The molecule has 7 nitrogen and oxygen atoms in total. The monoisotopic (exact) mass is 371 g/mol. The molecule has 1 amide bonds. The maximum atomic E-state index is 13.0. The van der Waals surface area contributed by atoms with Crippen molar-refractivity contribution in [2.24, 2.45) is 11.8 Å². The minimum atomic E-state index is -3.61. The Hall–Kier alpha value is -1.41. The van der Waals surface area contributed by atoms with Crippen molar-refractivity contribution in [2.75, 3.05) is 19.6 Å². The topological polar surface area (TPSA) is 92.5 Å². The zero-order valence-corrected chi connectivity index (χ0v) is 16.4. The summed E-state index contributed by atoms with van der Waals surface area (Å²) in [6.07, 6.45) is 2.93. The molecule has 0 aliphatic carbocycles. The van der Waals surface area contributed by atoms with Crippen molar-refractivity contribution in [3.05, 3.63) is 11.5 Å². The van der Waals surface area contributed by atoms with Gasteiger partial charge in [0.15, 0.2) is 5.76 Å². The number of hydrogen-bond acceptors (Lipinski definition) is 5. The van der Waals surface area contributed by atoms with Crippen LogP contribution in [0.15, 0.2) is 9.42 Å². The highest BCUT2D eigenvalue weighted by Crippen LogP contribution is 2.33. The lowest BCUT2D eigenvalue weighted by Gasteiger charge is -2.37. The first-order valence-electron chi connectivity index (χ1n) is 9.00. The second-order valence-corrected chi connectivity index (χ2v) is 8.66. The van der Waals surface area contributed by atoms with Gasteiger partial charge in [-0.3, -0.25) is 4.79 Å². The number of nitrogens with one attached hydrogen (secondary N) is 1. The summed E-state index contributed by atoms with van der Waals surface area (Å²) in [5.74, 6) is 0.785. The Morgan fingerprint density at radius 1 is 1.32 bits per heavy atom. The predicted molar refractivity (Wildman–Crippen MR) is 94.5 cm³/mol. The molecule has 2 rings (SSSR count). The van der Waals surface area contributed by atoms with E-state index < -0.39 is 10.0 Å². The maximum Gasteiger partial charge on any atom is 0.248 e. The van der Waals surface area contributed by atoms with Crippen LogP contribution in [0.2, 0.25) is 0 Å². The second-order valence-electron chi connectivity index (χ2n) is 6.79. The van der Waals surface area contributed by atoms with Gasteiger partial charge in [0.25, 0.3) is 0 Å². The van der Waals surface area contributed by atoms with E-state index in [1.54, 1.807) is 13.8 Å². The largest absolute Gasteiger partial charge is 0.360 e. The summed E-state index contributed by atoms with van der Waals surface area (Å²) in [7, 11) is -3.61. The molecule has 142 valence electrons. The van der Waals surface area contributed by atoms with Crippen LogP contribution < -0.4 is 5.32 Å². The molecule has 1 N–H and O–H groups in total. The molecule has 1 aromatic rings. The molecule has 1 saturated heterocycles. The fourth-order valence-electron chi connectivity index (χ4n) is 3.54. The average molecular weight is 372 g/mol. The van der Waals surface area contributed by atoms with E-state index >= 15 is 0 Å². The molecule has 0 radical (unpaired) electrons. The van der Waals surface area contributed by atoms with Crippen LogP contribution in [0.25, 0.3) is 0 Å². The van der Waals surface area contributed by atoms with Gasteiger partial charge in [-0.1, -0.05) is 25.4 Å². The Kier molecular flexibility index (Phi) is 6.62. The van der Waals surface area contributed by atoms with E-state index in [1.165, 1.54) is 4.31 Å². The van der Waals surface area contributed by atoms with Gasteiger partial charge in [-0.05, 0) is 38.5 Å². The second kappa shape index (κ2) is 8.31. The van der Waals surface area contributed by atoms with Crippen LogP contribution in [0, 0.1) is 25.7 Å². The molecule has 2 heterocycles. The summed E-state index contributed by atoms with van der Waals surface area (Å²) >= 11 is 0. The molecule has 8 heteroatoms. The minimum Gasteiger partial charge on any atom is -0.360 e. The lowest BCUT2D eigenvalue weighted by molar-refractivity contribution is -0.122. The zero-order valence-electron chi connectivity index (χ0n) is 15.5. The van der Waals surface area contributed by atoms with Gasteiger partial charge < -0.3 is 9.84 Å². The first-order valence-corrected chi connectivity index (χ1v) is 10.4. The van der Waals surface area contributed by atoms with E-state index in [0.717, 1.165) is 12.8 Å². The van der Waals surface area contributed by atoms with Gasteiger partial charge in [0, 0.05) is 26.1 Å². The van der Waals surface area contributed by atoms with E-state index in [0.29, 0.717) is 43.9 Å². The molecule has 0 unspecified atom stereocenters. The number of sulfonamides is 1. The third-order valence-corrected chi connectivity index (χ3v) is 7.07. The minimum absolute atomic E-state index is 0.0623. The quantitative estimate of drug-likeness (QED) is 0.793. The highest BCUT2D eigenvalue weighted by atomic mass is 32.2. The van der Waals surface area contributed by atoms with E-state index in [4.69, 9.17) is 4.52 Å². The average Bonchev–Trinajstić information content (AvgIpc) is 2.92. The van der Waals surface area contributed by atoms with E-state index in [9.17, 15) is 13.2 Å². The Morgan fingerprint density at radius 2 is 2.04 bits per heavy atom. The number of hydrogen-bond donors (Lipinski definition) is 1. The Bertz CT molecular complexity index is 679. The molecular formula is C17H29N3O4S. The molecule has 0 saturated carbocycles. The van der Waals surface area contributed by atoms with Gasteiger partial charge in [0.05, 0.1) is 0 Å². The van der Waals surface area contributed by atoms with Crippen LogP contribution in [0.1, 0.15) is 51.0 Å². The molecule has 1 aliphatic rings. The highest BCUT2D eigenvalue weighted by Gasteiger charge is 2.38. The number of amides is 1. The first-order chi connectivity index (χ1) is 11.8. The SMILES string of the molecule is CCCNC(=O)C[C@@H]1CCN(S(=O)(=O)c2c(C)noc2C)C[C@@H]1CC. The van der Waals surface area contributed by atoms with Gasteiger partial charge in [0.2, 0.25) is 15.9 Å². The van der Waals surface area contributed by atoms with E-state index in [2.05, 4.69) is 10.5 Å². The van der Waals surface area contributed by atoms with E-state index in [-0.39, 0.29) is 22.6 Å². The van der Waals surface area contributed by atoms with Crippen LogP contribution in [0.4, 0.5) is 0 Å². The van der Waals surface area contributed by atoms with Crippen LogP contribution in [-0.4, -0.2) is 43.4 Å². The van der Waals surface area contributed by atoms with Crippen molar-refractivity contribution in [1.82, 2.24) is 14.8 Å². The molecule has 0 spiro atoms. The molecule has 0 bridgehead atoms. The third-order valence-electron chi connectivity index (χ3n) is 4.96. The van der Waals surface area contributed by atoms with Gasteiger partial charge in [-0.2, -0.15) is 4.31 Å². The van der Waals surface area contributed by atoms with Crippen molar-refractivity contribution >= 4 is 15.9 Å².